The Hall–Kier alpha value is -7.42. The molecule has 276 valence electrons. The molecule has 2 heterocycles. The van der Waals surface area contributed by atoms with Crippen LogP contribution in [0.4, 0.5) is 0 Å². The highest BCUT2D eigenvalue weighted by atomic mass is 16.3. The van der Waals surface area contributed by atoms with Crippen LogP contribution in [0, 0.1) is 11.3 Å². The number of furan rings is 1. The molecule has 9 aromatic rings. The van der Waals surface area contributed by atoms with E-state index in [2.05, 4.69) is 130 Å². The van der Waals surface area contributed by atoms with Crippen molar-refractivity contribution < 1.29 is 4.42 Å². The van der Waals surface area contributed by atoms with Gasteiger partial charge in [-0.3, -0.25) is 0 Å². The quantitative estimate of drug-likeness (QED) is 0.1000. The number of aliphatic imine (C=N–C) groups is 2. The molecule has 2 aromatic heterocycles. The van der Waals surface area contributed by atoms with E-state index in [9.17, 15) is 5.26 Å². The maximum Gasteiger partial charge on any atom is 0.160 e. The average molecular weight is 747 g/mol. The van der Waals surface area contributed by atoms with Gasteiger partial charge in [0.25, 0.3) is 0 Å². The van der Waals surface area contributed by atoms with Crippen LogP contribution in [0.5, 0.6) is 0 Å². The molecular formula is C53H38N4O. The van der Waals surface area contributed by atoms with E-state index in [0.29, 0.717) is 11.4 Å². The number of benzene rings is 7. The van der Waals surface area contributed by atoms with Gasteiger partial charge < -0.3 is 4.42 Å². The molecule has 10 rings (SSSR count). The molecule has 1 aliphatic carbocycles. The van der Waals surface area contributed by atoms with Crippen LogP contribution in [-0.4, -0.2) is 16.5 Å². The van der Waals surface area contributed by atoms with Gasteiger partial charge in [-0.1, -0.05) is 117 Å². The highest BCUT2D eigenvalue weighted by Crippen LogP contribution is 2.49. The van der Waals surface area contributed by atoms with Crippen molar-refractivity contribution in [2.45, 2.75) is 33.1 Å². The number of fused-ring (bicyclic) bond motifs is 10. The predicted molar refractivity (Wildman–Crippen MR) is 240 cm³/mol. The van der Waals surface area contributed by atoms with Crippen LogP contribution in [-0.2, 0) is 5.41 Å². The van der Waals surface area contributed by atoms with E-state index in [0.717, 1.165) is 83.0 Å². The Labute approximate surface area is 337 Å². The van der Waals surface area contributed by atoms with Gasteiger partial charge in [0.15, 0.2) is 5.84 Å². The van der Waals surface area contributed by atoms with Crippen LogP contribution in [0.25, 0.3) is 71.7 Å². The molecule has 0 bridgehead atoms. The highest BCUT2D eigenvalue weighted by Gasteiger charge is 2.35. The van der Waals surface area contributed by atoms with Gasteiger partial charge in [0, 0.05) is 49.2 Å². The second-order valence-electron chi connectivity index (χ2n) is 15.4. The van der Waals surface area contributed by atoms with Gasteiger partial charge in [0.05, 0.1) is 28.5 Å². The van der Waals surface area contributed by atoms with Crippen LogP contribution in [0.1, 0.15) is 61.1 Å². The number of para-hydroxylation sites is 1. The van der Waals surface area contributed by atoms with Crippen molar-refractivity contribution in [1.82, 2.24) is 4.98 Å². The minimum atomic E-state index is -0.0831. The van der Waals surface area contributed by atoms with Gasteiger partial charge >= 0.3 is 0 Å². The molecule has 0 N–H and O–H groups in total. The lowest BCUT2D eigenvalue weighted by atomic mass is 9.82. The van der Waals surface area contributed by atoms with E-state index in [1.54, 1.807) is 0 Å². The van der Waals surface area contributed by atoms with Crippen molar-refractivity contribution >= 4 is 60.9 Å². The zero-order valence-corrected chi connectivity index (χ0v) is 32.7. The lowest BCUT2D eigenvalue weighted by Crippen LogP contribution is -2.15. The van der Waals surface area contributed by atoms with Gasteiger partial charge in [-0.25, -0.2) is 15.0 Å². The zero-order valence-electron chi connectivity index (χ0n) is 32.7. The maximum atomic E-state index is 9.49. The van der Waals surface area contributed by atoms with Crippen molar-refractivity contribution in [2.75, 3.05) is 0 Å². The third-order valence-electron chi connectivity index (χ3n) is 11.7. The third-order valence-corrected chi connectivity index (χ3v) is 11.7. The minimum absolute atomic E-state index is 0.0831. The first-order chi connectivity index (χ1) is 28.3. The minimum Gasteiger partial charge on any atom is -0.456 e. The first-order valence-electron chi connectivity index (χ1n) is 19.6. The van der Waals surface area contributed by atoms with Crippen LogP contribution >= 0.6 is 0 Å². The Bertz CT molecular complexity index is 3270. The molecule has 0 unspecified atom stereocenters. The second kappa shape index (κ2) is 13.7. The number of nitriles is 1. The standard InChI is InChI=1S/C53H38N4O/c1-5-45(34-21-19-33(31-54)20-22-34)57-52(55-32(2)36-23-26-44-41(29-36)38-15-9-11-17-43(38)53(44,3)4)37-24-27-47-42(30-37)50-48(58-47)28-25-40-49(50)39-16-10-12-18-46(39)56-51(40)35-13-7-6-8-14-35/h5-30H,1-4H3/b45-5+,55-32?,57-52?. The molecule has 58 heavy (non-hydrogen) atoms. The number of allylic oxidation sites excluding steroid dienone is 1. The number of nitrogens with zero attached hydrogens (tertiary/aromatic N) is 4. The summed E-state index contributed by atoms with van der Waals surface area (Å²) in [7, 11) is 0. The monoisotopic (exact) mass is 746 g/mol. The van der Waals surface area contributed by atoms with Crippen LogP contribution in [0.3, 0.4) is 0 Å². The Kier molecular flexibility index (Phi) is 8.24. The lowest BCUT2D eigenvalue weighted by molar-refractivity contribution is 0.660. The average Bonchev–Trinajstić information content (AvgIpc) is 3.76. The normalized spacial score (nSPS) is 13.9. The van der Waals surface area contributed by atoms with Crippen molar-refractivity contribution in [1.29, 1.82) is 5.26 Å². The molecule has 0 fully saturated rings. The number of rotatable bonds is 5. The van der Waals surface area contributed by atoms with E-state index in [1.807, 2.05) is 61.5 Å². The first kappa shape index (κ1) is 35.0. The SMILES string of the molecule is C/C=C(/N=C(N=C(C)c1ccc2c(c1)-c1ccccc1C2(C)C)c1ccc2oc3ccc4c(-c5ccccc5)nc5ccccc5c4c3c2c1)c1ccc(C#N)cc1. The van der Waals surface area contributed by atoms with Crippen LogP contribution in [0.2, 0.25) is 0 Å². The summed E-state index contributed by atoms with van der Waals surface area (Å²) in [6.45, 7) is 8.63. The molecule has 0 atom stereocenters. The van der Waals surface area contributed by atoms with E-state index in [4.69, 9.17) is 19.4 Å². The molecule has 0 saturated carbocycles. The molecule has 7 aromatic carbocycles. The summed E-state index contributed by atoms with van der Waals surface area (Å²) in [6.07, 6.45) is 1.99. The van der Waals surface area contributed by atoms with Gasteiger partial charge in [0.1, 0.15) is 11.2 Å². The Balaban J connectivity index is 1.19. The molecular weight excluding hydrogens is 709 g/mol. The van der Waals surface area contributed by atoms with Crippen LogP contribution in [0.15, 0.2) is 172 Å². The van der Waals surface area contributed by atoms with Gasteiger partial charge in [-0.15, -0.1) is 0 Å². The molecule has 5 heteroatoms. The molecule has 1 aliphatic rings. The zero-order chi connectivity index (χ0) is 39.5. The maximum absolute atomic E-state index is 9.49. The molecule has 0 spiro atoms. The lowest BCUT2D eigenvalue weighted by Gasteiger charge is -2.21. The number of hydrogen-bond acceptors (Lipinski definition) is 4. The predicted octanol–water partition coefficient (Wildman–Crippen LogP) is 13.4. The summed E-state index contributed by atoms with van der Waals surface area (Å²) in [6, 6.07) is 54.3. The van der Waals surface area contributed by atoms with Crippen molar-refractivity contribution in [3.8, 4) is 28.5 Å². The summed E-state index contributed by atoms with van der Waals surface area (Å²) < 4.78 is 6.59. The highest BCUT2D eigenvalue weighted by molar-refractivity contribution is 6.28. The van der Waals surface area contributed by atoms with Crippen molar-refractivity contribution in [3.63, 3.8) is 0 Å². The topological polar surface area (TPSA) is 74.5 Å². The summed E-state index contributed by atoms with van der Waals surface area (Å²) in [4.78, 5) is 15.8. The van der Waals surface area contributed by atoms with E-state index >= 15 is 0 Å². The number of aromatic nitrogens is 1. The number of amidine groups is 1. The van der Waals surface area contributed by atoms with Crippen LogP contribution < -0.4 is 0 Å². The van der Waals surface area contributed by atoms with E-state index < -0.39 is 0 Å². The smallest absolute Gasteiger partial charge is 0.160 e. The Morgan fingerprint density at radius 3 is 2.16 bits per heavy atom. The van der Waals surface area contributed by atoms with Crippen molar-refractivity contribution in [3.05, 3.63) is 191 Å². The molecule has 0 amide bonds. The molecule has 0 saturated heterocycles. The summed E-state index contributed by atoms with van der Waals surface area (Å²) >= 11 is 0. The first-order valence-corrected chi connectivity index (χ1v) is 19.6. The second-order valence-corrected chi connectivity index (χ2v) is 15.4. The molecule has 0 aliphatic heterocycles. The van der Waals surface area contributed by atoms with Crippen molar-refractivity contribution in [2.24, 2.45) is 9.98 Å². The summed E-state index contributed by atoms with van der Waals surface area (Å²) in [5.74, 6) is 0.573. The van der Waals surface area contributed by atoms with E-state index in [-0.39, 0.29) is 5.41 Å². The largest absolute Gasteiger partial charge is 0.456 e. The Morgan fingerprint density at radius 1 is 0.638 bits per heavy atom. The summed E-state index contributed by atoms with van der Waals surface area (Å²) in [5.41, 5.74) is 14.6. The summed E-state index contributed by atoms with van der Waals surface area (Å²) in [5, 5.41) is 14.7. The number of hydrogen-bond donors (Lipinski definition) is 0. The van der Waals surface area contributed by atoms with Gasteiger partial charge in [0.2, 0.25) is 0 Å². The third kappa shape index (κ3) is 5.64. The fourth-order valence-electron chi connectivity index (χ4n) is 8.71. The number of pyridine rings is 1. The fraction of sp³-hybridized carbons (Fsp3) is 0.0943. The molecule has 0 radical (unpaired) electrons. The van der Waals surface area contributed by atoms with Gasteiger partial charge in [-0.05, 0) is 102 Å². The fourth-order valence-corrected chi connectivity index (χ4v) is 8.71. The molecule has 5 nitrogen and oxygen atoms in total. The van der Waals surface area contributed by atoms with Gasteiger partial charge in [-0.2, -0.15) is 5.26 Å². The van der Waals surface area contributed by atoms with E-state index in [1.165, 1.54) is 22.3 Å². The Morgan fingerprint density at radius 2 is 1.34 bits per heavy atom.